The highest BCUT2D eigenvalue weighted by atomic mass is 32.2. The number of piperazine rings is 1. The van der Waals surface area contributed by atoms with Gasteiger partial charge in [-0.3, -0.25) is 0 Å². The molecule has 5 nitrogen and oxygen atoms in total. The van der Waals surface area contributed by atoms with Crippen LogP contribution in [-0.2, 0) is 10.0 Å². The van der Waals surface area contributed by atoms with Gasteiger partial charge in [-0.2, -0.15) is 0 Å². The van der Waals surface area contributed by atoms with E-state index >= 15 is 0 Å². The molecule has 1 heterocycles. The lowest BCUT2D eigenvalue weighted by atomic mass is 10.0. The van der Waals surface area contributed by atoms with E-state index in [1.165, 1.54) is 0 Å². The molecule has 0 radical (unpaired) electrons. The van der Waals surface area contributed by atoms with E-state index in [0.29, 0.717) is 11.4 Å². The first kappa shape index (κ1) is 20.4. The van der Waals surface area contributed by atoms with Gasteiger partial charge in [0.1, 0.15) is 0 Å². The standard InChI is InChI=1S/C19H33N3O2S/c1-14(13-22-9-7-21(6)8-10-22)12-20-25(23,24)19-17(4)15(2)11-16(3)18(19)5/h11,14,20H,7-10,12-13H2,1-6H3. The molecule has 1 aliphatic rings. The summed E-state index contributed by atoms with van der Waals surface area (Å²) in [4.78, 5) is 5.21. The zero-order chi connectivity index (χ0) is 18.8. The Kier molecular flexibility index (Phi) is 6.65. The highest BCUT2D eigenvalue weighted by Gasteiger charge is 2.23. The molecule has 0 amide bonds. The van der Waals surface area contributed by atoms with Gasteiger partial charge in [0, 0.05) is 39.3 Å². The number of hydrogen-bond acceptors (Lipinski definition) is 4. The highest BCUT2D eigenvalue weighted by Crippen LogP contribution is 2.25. The number of hydrogen-bond donors (Lipinski definition) is 1. The summed E-state index contributed by atoms with van der Waals surface area (Å²) < 4.78 is 28.6. The van der Waals surface area contributed by atoms with Crippen molar-refractivity contribution in [3.05, 3.63) is 28.3 Å². The number of nitrogens with one attached hydrogen (secondary N) is 1. The number of nitrogens with zero attached hydrogens (tertiary/aromatic N) is 2. The quantitative estimate of drug-likeness (QED) is 0.836. The molecule has 1 aliphatic heterocycles. The van der Waals surface area contributed by atoms with E-state index in [1.54, 1.807) is 0 Å². The first-order chi connectivity index (χ1) is 11.6. The van der Waals surface area contributed by atoms with E-state index in [4.69, 9.17) is 0 Å². The molecule has 1 aromatic rings. The molecular weight excluding hydrogens is 334 g/mol. The van der Waals surface area contributed by atoms with Crippen LogP contribution in [0.4, 0.5) is 0 Å². The molecule has 1 unspecified atom stereocenters. The summed E-state index contributed by atoms with van der Waals surface area (Å²) in [6, 6.07) is 2.06. The highest BCUT2D eigenvalue weighted by molar-refractivity contribution is 7.89. The third-order valence-electron chi connectivity index (χ3n) is 5.35. The van der Waals surface area contributed by atoms with E-state index in [9.17, 15) is 8.42 Å². The lowest BCUT2D eigenvalue weighted by Gasteiger charge is -2.34. The van der Waals surface area contributed by atoms with Crippen molar-refractivity contribution in [1.29, 1.82) is 0 Å². The van der Waals surface area contributed by atoms with Gasteiger partial charge in [-0.05, 0) is 62.9 Å². The second-order valence-electron chi connectivity index (χ2n) is 7.65. The minimum Gasteiger partial charge on any atom is -0.304 e. The predicted molar refractivity (Wildman–Crippen MR) is 104 cm³/mol. The number of rotatable bonds is 6. The average molecular weight is 368 g/mol. The molecule has 1 N–H and O–H groups in total. The van der Waals surface area contributed by atoms with Crippen LogP contribution in [0, 0.1) is 33.6 Å². The number of sulfonamides is 1. The fourth-order valence-corrected chi connectivity index (χ4v) is 5.22. The van der Waals surface area contributed by atoms with Gasteiger partial charge in [0.25, 0.3) is 0 Å². The van der Waals surface area contributed by atoms with Crippen LogP contribution in [0.2, 0.25) is 0 Å². The van der Waals surface area contributed by atoms with E-state index in [-0.39, 0.29) is 5.92 Å². The van der Waals surface area contributed by atoms with Gasteiger partial charge in [0.05, 0.1) is 4.90 Å². The van der Waals surface area contributed by atoms with Crippen LogP contribution in [0.15, 0.2) is 11.0 Å². The Morgan fingerprint density at radius 2 is 1.56 bits per heavy atom. The van der Waals surface area contributed by atoms with Crippen LogP contribution < -0.4 is 4.72 Å². The van der Waals surface area contributed by atoms with Crippen molar-refractivity contribution in [2.45, 2.75) is 39.5 Å². The SMILES string of the molecule is Cc1cc(C)c(C)c(S(=O)(=O)NCC(C)CN2CCN(C)CC2)c1C. The minimum atomic E-state index is -3.49. The van der Waals surface area contributed by atoms with Crippen molar-refractivity contribution in [3.8, 4) is 0 Å². The lowest BCUT2D eigenvalue weighted by molar-refractivity contribution is 0.139. The van der Waals surface area contributed by atoms with Crippen molar-refractivity contribution < 1.29 is 8.42 Å². The van der Waals surface area contributed by atoms with Gasteiger partial charge < -0.3 is 9.80 Å². The Labute approximate surface area is 153 Å². The summed E-state index contributed by atoms with van der Waals surface area (Å²) in [6.07, 6.45) is 0. The Balaban J connectivity index is 2.02. The first-order valence-electron chi connectivity index (χ1n) is 9.09. The molecule has 1 atom stereocenters. The van der Waals surface area contributed by atoms with Crippen molar-refractivity contribution in [3.63, 3.8) is 0 Å². The lowest BCUT2D eigenvalue weighted by Crippen LogP contribution is -2.46. The second kappa shape index (κ2) is 8.16. The fraction of sp³-hybridized carbons (Fsp3) is 0.684. The Morgan fingerprint density at radius 1 is 1.04 bits per heavy atom. The monoisotopic (exact) mass is 367 g/mol. The Bertz CT molecular complexity index is 682. The molecule has 2 rings (SSSR count). The molecule has 0 spiro atoms. The summed E-state index contributed by atoms with van der Waals surface area (Å²) in [5.74, 6) is 0.282. The maximum atomic E-state index is 12.9. The fourth-order valence-electron chi connectivity index (χ4n) is 3.44. The summed E-state index contributed by atoms with van der Waals surface area (Å²) in [5, 5.41) is 0. The van der Waals surface area contributed by atoms with Crippen LogP contribution >= 0.6 is 0 Å². The summed E-state index contributed by atoms with van der Waals surface area (Å²) in [7, 11) is -1.35. The normalized spacial score (nSPS) is 18.5. The second-order valence-corrected chi connectivity index (χ2v) is 9.35. The zero-order valence-corrected chi connectivity index (χ0v) is 17.3. The van der Waals surface area contributed by atoms with E-state index in [2.05, 4.69) is 34.6 Å². The molecule has 142 valence electrons. The van der Waals surface area contributed by atoms with Gasteiger partial charge in [-0.25, -0.2) is 13.1 Å². The molecule has 0 aliphatic carbocycles. The molecule has 1 aromatic carbocycles. The molecule has 0 bridgehead atoms. The van der Waals surface area contributed by atoms with Gasteiger partial charge in [0.15, 0.2) is 0 Å². The summed E-state index contributed by atoms with van der Waals surface area (Å²) in [6.45, 7) is 15.5. The van der Waals surface area contributed by atoms with Crippen LogP contribution in [-0.4, -0.2) is 64.5 Å². The van der Waals surface area contributed by atoms with Crippen molar-refractivity contribution in [1.82, 2.24) is 14.5 Å². The Morgan fingerprint density at radius 3 is 2.08 bits per heavy atom. The molecule has 0 aromatic heterocycles. The predicted octanol–water partition coefficient (Wildman–Crippen LogP) is 2.08. The van der Waals surface area contributed by atoms with Crippen molar-refractivity contribution in [2.75, 3.05) is 46.3 Å². The van der Waals surface area contributed by atoms with Gasteiger partial charge in [0.2, 0.25) is 10.0 Å². The number of aryl methyl sites for hydroxylation is 2. The maximum Gasteiger partial charge on any atom is 0.241 e. The third-order valence-corrected chi connectivity index (χ3v) is 7.05. The topological polar surface area (TPSA) is 52.7 Å². The summed E-state index contributed by atoms with van der Waals surface area (Å²) in [5.41, 5.74) is 3.74. The van der Waals surface area contributed by atoms with E-state index < -0.39 is 10.0 Å². The van der Waals surface area contributed by atoms with Gasteiger partial charge in [-0.1, -0.05) is 13.0 Å². The smallest absolute Gasteiger partial charge is 0.241 e. The van der Waals surface area contributed by atoms with E-state index in [1.807, 2.05) is 27.7 Å². The molecule has 25 heavy (non-hydrogen) atoms. The zero-order valence-electron chi connectivity index (χ0n) is 16.5. The number of benzene rings is 1. The van der Waals surface area contributed by atoms with Crippen LogP contribution in [0.3, 0.4) is 0 Å². The summed E-state index contributed by atoms with van der Waals surface area (Å²) >= 11 is 0. The van der Waals surface area contributed by atoms with Crippen LogP contribution in [0.25, 0.3) is 0 Å². The van der Waals surface area contributed by atoms with Crippen LogP contribution in [0.1, 0.15) is 29.2 Å². The third kappa shape index (κ3) is 5.03. The van der Waals surface area contributed by atoms with Gasteiger partial charge >= 0.3 is 0 Å². The largest absolute Gasteiger partial charge is 0.304 e. The van der Waals surface area contributed by atoms with Crippen molar-refractivity contribution >= 4 is 10.0 Å². The van der Waals surface area contributed by atoms with Crippen molar-refractivity contribution in [2.24, 2.45) is 5.92 Å². The Hall–Kier alpha value is -0.950. The van der Waals surface area contributed by atoms with Gasteiger partial charge in [-0.15, -0.1) is 0 Å². The maximum absolute atomic E-state index is 12.9. The molecule has 1 saturated heterocycles. The first-order valence-corrected chi connectivity index (χ1v) is 10.6. The molecule has 0 saturated carbocycles. The van der Waals surface area contributed by atoms with E-state index in [0.717, 1.165) is 55.0 Å². The average Bonchev–Trinajstić information content (AvgIpc) is 2.53. The van der Waals surface area contributed by atoms with Crippen LogP contribution in [0.5, 0.6) is 0 Å². The molecule has 6 heteroatoms. The number of likely N-dealkylation sites (N-methyl/N-ethyl adjacent to an activating group) is 1. The molecular formula is C19H33N3O2S. The minimum absolute atomic E-state index is 0.282. The molecule has 1 fully saturated rings.